The van der Waals surface area contributed by atoms with E-state index in [2.05, 4.69) is 36.0 Å². The summed E-state index contributed by atoms with van der Waals surface area (Å²) in [5, 5.41) is 10.5. The highest BCUT2D eigenvalue weighted by atomic mass is 79.9. The van der Waals surface area contributed by atoms with Crippen LogP contribution in [0.15, 0.2) is 25.3 Å². The summed E-state index contributed by atoms with van der Waals surface area (Å²) in [4.78, 5) is 45.4. The van der Waals surface area contributed by atoms with Gasteiger partial charge in [-0.1, -0.05) is 61.7 Å². The Morgan fingerprint density at radius 2 is 2.00 bits per heavy atom. The minimum Gasteiger partial charge on any atom is -0.465 e. The fraction of sp³-hybridized carbons (Fsp3) is 0.767. The smallest absolute Gasteiger partial charge is 0.312 e. The predicted molar refractivity (Wildman–Crippen MR) is 154 cm³/mol. The number of amides is 2. The molecule has 3 fully saturated rings. The Bertz CT molecular complexity index is 914. The second kappa shape index (κ2) is 13.8. The van der Waals surface area contributed by atoms with Crippen molar-refractivity contribution >= 4 is 33.7 Å². The Hall–Kier alpha value is -1.71. The summed E-state index contributed by atoms with van der Waals surface area (Å²) in [6, 6.07) is -1.59. The third-order valence-electron chi connectivity index (χ3n) is 8.97. The number of unbranched alkanes of at least 4 members (excludes halogenated alkanes) is 2. The van der Waals surface area contributed by atoms with E-state index in [1.165, 1.54) is 0 Å². The van der Waals surface area contributed by atoms with Crippen LogP contribution in [-0.4, -0.2) is 87.1 Å². The van der Waals surface area contributed by atoms with Crippen LogP contribution in [0.1, 0.15) is 72.6 Å². The predicted octanol–water partition coefficient (Wildman–Crippen LogP) is 4.24. The zero-order chi connectivity index (χ0) is 28.9. The average molecular weight is 612 g/mol. The second-order valence-corrected chi connectivity index (χ2v) is 12.6. The van der Waals surface area contributed by atoms with Crippen LogP contribution in [0.2, 0.25) is 0 Å². The van der Waals surface area contributed by atoms with Crippen molar-refractivity contribution in [1.82, 2.24) is 9.80 Å². The highest BCUT2D eigenvalue weighted by Gasteiger charge is 2.77. The fourth-order valence-corrected chi connectivity index (χ4v) is 7.75. The van der Waals surface area contributed by atoms with Crippen molar-refractivity contribution in [3.63, 3.8) is 0 Å². The quantitative estimate of drug-likeness (QED) is 0.121. The van der Waals surface area contributed by atoms with E-state index in [1.807, 2.05) is 26.8 Å². The molecule has 0 aliphatic carbocycles. The number of hydrogen-bond donors (Lipinski definition) is 1. The van der Waals surface area contributed by atoms with E-state index in [-0.39, 0.29) is 41.8 Å². The lowest BCUT2D eigenvalue weighted by Gasteiger charge is -2.42. The molecular formula is C30H47BrN2O6. The van der Waals surface area contributed by atoms with Gasteiger partial charge in [0.1, 0.15) is 11.6 Å². The molecular weight excluding hydrogens is 564 g/mol. The number of hydrogen-bond acceptors (Lipinski definition) is 6. The van der Waals surface area contributed by atoms with Crippen LogP contribution in [0, 0.1) is 17.8 Å². The van der Waals surface area contributed by atoms with E-state index in [4.69, 9.17) is 9.47 Å². The van der Waals surface area contributed by atoms with Crippen LogP contribution in [0.3, 0.4) is 0 Å². The number of aliphatic hydroxyl groups excluding tert-OH is 1. The normalized spacial score (nSPS) is 31.5. The van der Waals surface area contributed by atoms with E-state index < -0.39 is 41.6 Å². The molecule has 0 aromatic carbocycles. The summed E-state index contributed by atoms with van der Waals surface area (Å²) in [6.07, 6.45) is 8.23. The van der Waals surface area contributed by atoms with Crippen LogP contribution in [0.5, 0.6) is 0 Å². The first-order chi connectivity index (χ1) is 18.6. The van der Waals surface area contributed by atoms with E-state index in [0.29, 0.717) is 19.4 Å². The number of likely N-dealkylation sites (tertiary alicyclic amines) is 1. The first-order valence-corrected chi connectivity index (χ1v) is 15.5. The van der Waals surface area contributed by atoms with Crippen molar-refractivity contribution < 1.29 is 29.0 Å². The number of alkyl halides is 1. The maximum atomic E-state index is 14.5. The third kappa shape index (κ3) is 5.87. The molecule has 8 nitrogen and oxygen atoms in total. The van der Waals surface area contributed by atoms with Gasteiger partial charge in [-0.25, -0.2) is 0 Å². The molecule has 4 unspecified atom stereocenters. The van der Waals surface area contributed by atoms with Gasteiger partial charge in [-0.2, -0.15) is 0 Å². The molecule has 0 radical (unpaired) electrons. The second-order valence-electron chi connectivity index (χ2n) is 11.4. The molecule has 9 heteroatoms. The Kier molecular flexibility index (Phi) is 11.2. The molecule has 0 aromatic heterocycles. The lowest BCUT2D eigenvalue weighted by atomic mass is 9.70. The van der Waals surface area contributed by atoms with Crippen LogP contribution >= 0.6 is 15.9 Å². The van der Waals surface area contributed by atoms with Crippen molar-refractivity contribution in [3.8, 4) is 0 Å². The lowest BCUT2D eigenvalue weighted by molar-refractivity contribution is -0.157. The van der Waals surface area contributed by atoms with Crippen LogP contribution in [0.25, 0.3) is 0 Å². The van der Waals surface area contributed by atoms with Gasteiger partial charge < -0.3 is 24.4 Å². The molecule has 220 valence electrons. The number of rotatable bonds is 16. The lowest BCUT2D eigenvalue weighted by Crippen LogP contribution is -2.61. The molecule has 1 N–H and O–H groups in total. The molecule has 0 aromatic rings. The van der Waals surface area contributed by atoms with Gasteiger partial charge in [-0.15, -0.1) is 13.2 Å². The Labute approximate surface area is 242 Å². The highest BCUT2D eigenvalue weighted by Crippen LogP contribution is 2.61. The zero-order valence-corrected chi connectivity index (χ0v) is 25.6. The monoisotopic (exact) mass is 610 g/mol. The largest absolute Gasteiger partial charge is 0.465 e. The van der Waals surface area contributed by atoms with E-state index in [9.17, 15) is 19.5 Å². The summed E-state index contributed by atoms with van der Waals surface area (Å²) < 4.78 is 12.3. The van der Waals surface area contributed by atoms with Gasteiger partial charge in [-0.05, 0) is 44.9 Å². The zero-order valence-electron chi connectivity index (χ0n) is 24.0. The molecule has 3 aliphatic rings. The maximum Gasteiger partial charge on any atom is 0.312 e. The number of allylic oxidation sites excluding steroid dienone is 1. The van der Waals surface area contributed by atoms with Gasteiger partial charge in [0.2, 0.25) is 11.8 Å². The van der Waals surface area contributed by atoms with Gasteiger partial charge in [0, 0.05) is 17.4 Å². The minimum absolute atomic E-state index is 0.0578. The first kappa shape index (κ1) is 31.8. The topological polar surface area (TPSA) is 96.4 Å². The van der Waals surface area contributed by atoms with Crippen molar-refractivity contribution in [2.45, 2.75) is 107 Å². The van der Waals surface area contributed by atoms with Gasteiger partial charge in [0.15, 0.2) is 0 Å². The standard InChI is InChI=1S/C30H47BrN2O6/c1-7-11-12-13-16-38-29(37)23-24-27(35)33(22(18-34)19(5)10-4)26(30(24)17-21(31)25(23)39-30)28(36)32(15-9-3)20(6)14-8-2/h7,9,19-26,34H,1,3,8,10-18H2,2,4-6H3/t19-,20?,21?,22-,23+,24-,25+,26?,30?/m0/s1. The minimum atomic E-state index is -1.17. The number of carbonyl (C=O) groups is 3. The van der Waals surface area contributed by atoms with Crippen LogP contribution in [-0.2, 0) is 23.9 Å². The van der Waals surface area contributed by atoms with Crippen molar-refractivity contribution in [1.29, 1.82) is 0 Å². The Morgan fingerprint density at radius 1 is 1.28 bits per heavy atom. The number of ether oxygens (including phenoxy) is 2. The van der Waals surface area contributed by atoms with E-state index in [1.54, 1.807) is 15.9 Å². The van der Waals surface area contributed by atoms with Crippen LogP contribution < -0.4 is 0 Å². The summed E-state index contributed by atoms with van der Waals surface area (Å²) >= 11 is 3.71. The number of carbonyl (C=O) groups excluding carboxylic acids is 3. The molecule has 9 atom stereocenters. The molecule has 3 aliphatic heterocycles. The average Bonchev–Trinajstić information content (AvgIpc) is 3.50. The number of esters is 1. The maximum absolute atomic E-state index is 14.5. The van der Waals surface area contributed by atoms with Gasteiger partial charge >= 0.3 is 5.97 Å². The molecule has 0 saturated carbocycles. The highest BCUT2D eigenvalue weighted by molar-refractivity contribution is 9.09. The summed E-state index contributed by atoms with van der Waals surface area (Å²) in [5.41, 5.74) is -1.17. The molecule has 3 rings (SSSR count). The van der Waals surface area contributed by atoms with E-state index in [0.717, 1.165) is 32.1 Å². The first-order valence-electron chi connectivity index (χ1n) is 14.6. The number of halogens is 1. The van der Waals surface area contributed by atoms with Crippen molar-refractivity contribution in [2.24, 2.45) is 17.8 Å². The summed E-state index contributed by atoms with van der Waals surface area (Å²) in [5.74, 6) is -2.68. The van der Waals surface area contributed by atoms with Crippen molar-refractivity contribution in [3.05, 3.63) is 25.3 Å². The summed E-state index contributed by atoms with van der Waals surface area (Å²) in [7, 11) is 0. The molecule has 3 heterocycles. The molecule has 1 spiro atoms. The van der Waals surface area contributed by atoms with Crippen molar-refractivity contribution in [2.75, 3.05) is 19.8 Å². The van der Waals surface area contributed by atoms with Gasteiger partial charge in [-0.3, -0.25) is 14.4 Å². The molecule has 3 saturated heterocycles. The van der Waals surface area contributed by atoms with Gasteiger partial charge in [0.05, 0.1) is 37.2 Å². The summed E-state index contributed by atoms with van der Waals surface area (Å²) in [6.45, 7) is 16.0. The van der Waals surface area contributed by atoms with Gasteiger partial charge in [0.25, 0.3) is 0 Å². The molecule has 39 heavy (non-hydrogen) atoms. The van der Waals surface area contributed by atoms with E-state index >= 15 is 0 Å². The third-order valence-corrected chi connectivity index (χ3v) is 9.82. The fourth-order valence-electron chi connectivity index (χ4n) is 6.80. The Morgan fingerprint density at radius 3 is 2.59 bits per heavy atom. The molecule has 2 amide bonds. The Balaban J connectivity index is 2.04. The molecule has 2 bridgehead atoms. The SMILES string of the molecule is C=CCCCCOC(=O)[C@H]1[C@@H]2OC3(CC2Br)C(C(=O)N(CC=C)C(C)CCC)N([C@@H](CO)[C@@H](C)CC)C(=O)[C@H]13. The van der Waals surface area contributed by atoms with Crippen LogP contribution in [0.4, 0.5) is 0 Å². The number of nitrogens with zero attached hydrogens (tertiary/aromatic N) is 2. The number of fused-ring (bicyclic) bond motifs is 1. The number of aliphatic hydroxyl groups is 1.